The van der Waals surface area contributed by atoms with Crippen molar-refractivity contribution in [3.05, 3.63) is 0 Å². The Kier molecular flexibility index (Phi) is 2.89. The van der Waals surface area contributed by atoms with Crippen LogP contribution in [0.2, 0.25) is 0 Å². The zero-order valence-corrected chi connectivity index (χ0v) is 11.7. The molecule has 3 fully saturated rings. The molecule has 6 atom stereocenters. The van der Waals surface area contributed by atoms with Gasteiger partial charge in [-0.2, -0.15) is 0 Å². The van der Waals surface area contributed by atoms with Gasteiger partial charge in [0.25, 0.3) is 0 Å². The lowest BCUT2D eigenvalue weighted by Gasteiger charge is -2.47. The van der Waals surface area contributed by atoms with Gasteiger partial charge in [0.1, 0.15) is 23.0 Å². The molecule has 6 heteroatoms. The highest BCUT2D eigenvalue weighted by molar-refractivity contribution is 5.89. The summed E-state index contributed by atoms with van der Waals surface area (Å²) in [5.41, 5.74) is -2.74. The van der Waals surface area contributed by atoms with Crippen LogP contribution in [0.25, 0.3) is 0 Å². The molecule has 6 nitrogen and oxygen atoms in total. The summed E-state index contributed by atoms with van der Waals surface area (Å²) in [6.07, 6.45) is 0.686. The summed E-state index contributed by atoms with van der Waals surface area (Å²) in [5, 5.41) is 19.7. The predicted octanol–water partition coefficient (Wildman–Crippen LogP) is 1.28. The fourth-order valence-corrected chi connectivity index (χ4v) is 4.29. The zero-order valence-electron chi connectivity index (χ0n) is 11.7. The number of hydrogen-bond acceptors (Lipinski definition) is 4. The van der Waals surface area contributed by atoms with E-state index in [1.807, 2.05) is 0 Å². The molecule has 1 saturated carbocycles. The Morgan fingerprint density at radius 3 is 1.40 bits per heavy atom. The maximum Gasteiger partial charge on any atom is 0.313 e. The summed E-state index contributed by atoms with van der Waals surface area (Å²) in [6, 6.07) is 0. The summed E-state index contributed by atoms with van der Waals surface area (Å²) in [5.74, 6) is -2.12. The van der Waals surface area contributed by atoms with Gasteiger partial charge in [0, 0.05) is 0 Å². The summed E-state index contributed by atoms with van der Waals surface area (Å²) in [6.45, 7) is 3.60. The molecule has 3 rings (SSSR count). The van der Waals surface area contributed by atoms with Crippen LogP contribution in [0.1, 0.15) is 39.5 Å². The SMILES string of the molecule is CC1OC1C1(C(=O)O)CCCCC1(C(=O)O)C1OC1C. The first-order valence-corrected chi connectivity index (χ1v) is 7.15. The van der Waals surface area contributed by atoms with E-state index in [2.05, 4.69) is 0 Å². The van der Waals surface area contributed by atoms with Gasteiger partial charge in [0.15, 0.2) is 0 Å². The first-order chi connectivity index (χ1) is 9.38. The van der Waals surface area contributed by atoms with Crippen molar-refractivity contribution in [2.24, 2.45) is 10.8 Å². The van der Waals surface area contributed by atoms with Crippen LogP contribution in [0.4, 0.5) is 0 Å². The highest BCUT2D eigenvalue weighted by Gasteiger charge is 2.77. The zero-order chi connectivity index (χ0) is 14.7. The summed E-state index contributed by atoms with van der Waals surface area (Å²) in [7, 11) is 0. The van der Waals surface area contributed by atoms with Crippen LogP contribution in [0.5, 0.6) is 0 Å². The second-order valence-electron chi connectivity index (χ2n) is 6.28. The van der Waals surface area contributed by atoms with Crippen molar-refractivity contribution in [2.45, 2.75) is 63.9 Å². The number of epoxide rings is 2. The average molecular weight is 284 g/mol. The quantitative estimate of drug-likeness (QED) is 0.754. The minimum atomic E-state index is -1.37. The van der Waals surface area contributed by atoms with Gasteiger partial charge < -0.3 is 19.7 Å². The number of ether oxygens (including phenoxy) is 2. The van der Waals surface area contributed by atoms with Gasteiger partial charge in [-0.25, -0.2) is 0 Å². The molecule has 0 bridgehead atoms. The van der Waals surface area contributed by atoms with Gasteiger partial charge >= 0.3 is 11.9 Å². The Morgan fingerprint density at radius 1 is 0.900 bits per heavy atom. The minimum absolute atomic E-state index is 0.197. The molecule has 0 aromatic rings. The van der Waals surface area contributed by atoms with Crippen LogP contribution in [-0.4, -0.2) is 46.6 Å². The highest BCUT2D eigenvalue weighted by atomic mass is 16.6. The molecule has 0 aromatic carbocycles. The van der Waals surface area contributed by atoms with Gasteiger partial charge in [0.2, 0.25) is 0 Å². The molecule has 0 amide bonds. The third-order valence-electron chi connectivity index (χ3n) is 5.34. The Bertz CT molecular complexity index is 421. The molecule has 0 spiro atoms. The standard InChI is InChI=1S/C14H20O6/c1-7-9(19-7)13(11(15)16)5-3-4-6-14(13,12(17)18)10-8(2)20-10/h7-10H,3-6H2,1-2H3,(H,15,16)(H,17,18). The van der Waals surface area contributed by atoms with Crippen molar-refractivity contribution in [2.75, 3.05) is 0 Å². The van der Waals surface area contributed by atoms with Crippen molar-refractivity contribution < 1.29 is 29.3 Å². The largest absolute Gasteiger partial charge is 0.481 e. The van der Waals surface area contributed by atoms with Crippen LogP contribution in [-0.2, 0) is 19.1 Å². The second kappa shape index (κ2) is 4.18. The smallest absolute Gasteiger partial charge is 0.313 e. The predicted molar refractivity (Wildman–Crippen MR) is 67.3 cm³/mol. The van der Waals surface area contributed by atoms with Gasteiger partial charge in [-0.15, -0.1) is 0 Å². The third kappa shape index (κ3) is 1.52. The maximum atomic E-state index is 12.1. The van der Waals surface area contributed by atoms with E-state index in [0.29, 0.717) is 12.8 Å². The Hall–Kier alpha value is -1.14. The molecule has 2 N–H and O–H groups in total. The molecule has 112 valence electrons. The maximum absolute atomic E-state index is 12.1. The summed E-state index contributed by atoms with van der Waals surface area (Å²) >= 11 is 0. The average Bonchev–Trinajstić information content (AvgIpc) is 3.27. The number of rotatable bonds is 4. The van der Waals surface area contributed by atoms with Gasteiger partial charge in [-0.3, -0.25) is 9.59 Å². The number of carbonyl (C=O) groups is 2. The van der Waals surface area contributed by atoms with Crippen LogP contribution >= 0.6 is 0 Å². The van der Waals surface area contributed by atoms with E-state index >= 15 is 0 Å². The van der Waals surface area contributed by atoms with Crippen molar-refractivity contribution in [3.8, 4) is 0 Å². The molecular weight excluding hydrogens is 264 g/mol. The van der Waals surface area contributed by atoms with E-state index in [4.69, 9.17) is 9.47 Å². The van der Waals surface area contributed by atoms with Crippen LogP contribution in [0.3, 0.4) is 0 Å². The summed E-state index contributed by atoms with van der Waals surface area (Å²) in [4.78, 5) is 24.1. The third-order valence-corrected chi connectivity index (χ3v) is 5.34. The van der Waals surface area contributed by atoms with E-state index in [0.717, 1.165) is 12.8 Å². The highest BCUT2D eigenvalue weighted by Crippen LogP contribution is 2.63. The van der Waals surface area contributed by atoms with Gasteiger partial charge in [-0.05, 0) is 26.7 Å². The van der Waals surface area contributed by atoms with E-state index in [9.17, 15) is 19.8 Å². The Balaban J connectivity index is 2.12. The molecular formula is C14H20O6. The monoisotopic (exact) mass is 284 g/mol. The Labute approximate surface area is 117 Å². The Morgan fingerprint density at radius 2 is 1.20 bits per heavy atom. The van der Waals surface area contributed by atoms with E-state index < -0.39 is 35.0 Å². The minimum Gasteiger partial charge on any atom is -0.481 e. The lowest BCUT2D eigenvalue weighted by atomic mass is 9.52. The van der Waals surface area contributed by atoms with Gasteiger partial charge in [-0.1, -0.05) is 12.8 Å². The molecule has 3 aliphatic rings. The van der Waals surface area contributed by atoms with Crippen molar-refractivity contribution in [3.63, 3.8) is 0 Å². The fourth-order valence-electron chi connectivity index (χ4n) is 4.29. The molecule has 1 aliphatic carbocycles. The number of carboxylic acid groups (broad SMARTS) is 2. The first kappa shape index (κ1) is 13.8. The van der Waals surface area contributed by atoms with Crippen molar-refractivity contribution in [1.82, 2.24) is 0 Å². The van der Waals surface area contributed by atoms with Crippen LogP contribution < -0.4 is 0 Å². The lowest BCUT2D eigenvalue weighted by Crippen LogP contribution is -2.61. The van der Waals surface area contributed by atoms with Crippen molar-refractivity contribution >= 4 is 11.9 Å². The molecule has 0 aromatic heterocycles. The number of carboxylic acids is 2. The fraction of sp³-hybridized carbons (Fsp3) is 0.857. The first-order valence-electron chi connectivity index (χ1n) is 7.15. The molecule has 2 saturated heterocycles. The van der Waals surface area contributed by atoms with E-state index in [-0.39, 0.29) is 12.2 Å². The molecule has 2 aliphatic heterocycles. The molecule has 0 radical (unpaired) electrons. The van der Waals surface area contributed by atoms with E-state index in [1.165, 1.54) is 0 Å². The van der Waals surface area contributed by atoms with E-state index in [1.54, 1.807) is 13.8 Å². The summed E-state index contributed by atoms with van der Waals surface area (Å²) < 4.78 is 10.9. The topological polar surface area (TPSA) is 99.7 Å². The van der Waals surface area contributed by atoms with Crippen LogP contribution in [0.15, 0.2) is 0 Å². The molecule has 20 heavy (non-hydrogen) atoms. The van der Waals surface area contributed by atoms with Crippen molar-refractivity contribution in [1.29, 1.82) is 0 Å². The normalized spacial score (nSPS) is 50.5. The lowest BCUT2D eigenvalue weighted by molar-refractivity contribution is -0.185. The molecule has 2 heterocycles. The number of hydrogen-bond donors (Lipinski definition) is 2. The van der Waals surface area contributed by atoms with Crippen LogP contribution in [0, 0.1) is 10.8 Å². The number of aliphatic carboxylic acids is 2. The molecule has 6 unspecified atom stereocenters. The van der Waals surface area contributed by atoms with Gasteiger partial charge in [0.05, 0.1) is 12.2 Å². The second-order valence-corrected chi connectivity index (χ2v) is 6.28.